The molecule has 1 saturated heterocycles. The van der Waals surface area contributed by atoms with E-state index in [0.29, 0.717) is 11.8 Å². The van der Waals surface area contributed by atoms with Crippen LogP contribution in [0.15, 0.2) is 30.4 Å². The SMILES string of the molecule is O=C1[C@@H]2[C@H]3C=C[C@@H]([C@@H]4C[C@H]34)[C@H]2C(=O)N1c1cc(C(F)(F)F)ccc1Cl. The Morgan fingerprint density at radius 3 is 2.08 bits per heavy atom. The number of nitrogens with zero attached hydrogens (tertiary/aromatic N) is 1. The van der Waals surface area contributed by atoms with Crippen molar-refractivity contribution in [2.45, 2.75) is 12.6 Å². The first kappa shape index (κ1) is 15.4. The van der Waals surface area contributed by atoms with Gasteiger partial charge in [0.1, 0.15) is 0 Å². The second-order valence-corrected chi connectivity index (χ2v) is 7.74. The Balaban J connectivity index is 1.59. The summed E-state index contributed by atoms with van der Waals surface area (Å²) >= 11 is 6.05. The number of imide groups is 1. The summed E-state index contributed by atoms with van der Waals surface area (Å²) in [6.45, 7) is 0. The van der Waals surface area contributed by atoms with Crippen molar-refractivity contribution in [3.8, 4) is 0 Å². The predicted octanol–water partition coefficient (Wildman–Crippen LogP) is 3.92. The smallest absolute Gasteiger partial charge is 0.274 e. The molecular weight excluding hydrogens is 355 g/mol. The van der Waals surface area contributed by atoms with E-state index in [2.05, 4.69) is 0 Å². The van der Waals surface area contributed by atoms with Crippen molar-refractivity contribution in [2.24, 2.45) is 35.5 Å². The first-order chi connectivity index (χ1) is 11.8. The van der Waals surface area contributed by atoms with Crippen molar-refractivity contribution in [3.05, 3.63) is 40.9 Å². The molecule has 2 bridgehead atoms. The molecule has 0 radical (unpaired) electrons. The third-order valence-electron chi connectivity index (χ3n) is 6.18. The first-order valence-corrected chi connectivity index (χ1v) is 8.59. The summed E-state index contributed by atoms with van der Waals surface area (Å²) in [6, 6.07) is 2.74. The Hall–Kier alpha value is -1.82. The van der Waals surface area contributed by atoms with Crippen LogP contribution in [0.25, 0.3) is 0 Å². The molecule has 1 aromatic carbocycles. The summed E-state index contributed by atoms with van der Waals surface area (Å²) in [4.78, 5) is 26.8. The molecule has 2 amide bonds. The maximum atomic E-state index is 13.0. The van der Waals surface area contributed by atoms with Crippen LogP contribution in [0, 0.1) is 35.5 Å². The van der Waals surface area contributed by atoms with Gasteiger partial charge in [0, 0.05) is 0 Å². The van der Waals surface area contributed by atoms with Crippen LogP contribution in [0.5, 0.6) is 0 Å². The fraction of sp³-hybridized carbons (Fsp3) is 0.444. The topological polar surface area (TPSA) is 37.4 Å². The van der Waals surface area contributed by atoms with E-state index in [1.807, 2.05) is 12.2 Å². The standard InChI is InChI=1S/C18H13ClF3NO2/c19-12-4-1-7(18(20,21)22)5-13(12)23-16(24)14-8-2-3-9(11-6-10(8)11)15(14)17(23)25/h1-5,8-11,14-15H,6H2/t8-,9-,10-,11+,14+,15+/m0/s1. The number of anilines is 1. The van der Waals surface area contributed by atoms with Crippen LogP contribution in [-0.4, -0.2) is 11.8 Å². The van der Waals surface area contributed by atoms with Crippen LogP contribution in [0.2, 0.25) is 5.02 Å². The molecule has 1 aromatic rings. The Kier molecular flexibility index (Phi) is 2.88. The molecule has 4 aliphatic carbocycles. The second kappa shape index (κ2) is 4.67. The lowest BCUT2D eigenvalue weighted by atomic mass is 9.63. The molecule has 2 saturated carbocycles. The van der Waals surface area contributed by atoms with Crippen LogP contribution >= 0.6 is 11.6 Å². The Morgan fingerprint density at radius 1 is 1.00 bits per heavy atom. The van der Waals surface area contributed by atoms with E-state index in [0.717, 1.165) is 29.5 Å². The summed E-state index contributed by atoms with van der Waals surface area (Å²) in [5, 5.41) is -0.0289. The molecule has 6 atom stereocenters. The van der Waals surface area contributed by atoms with Crippen LogP contribution in [0.3, 0.4) is 0 Å². The van der Waals surface area contributed by atoms with Gasteiger partial charge >= 0.3 is 6.18 Å². The van der Waals surface area contributed by atoms with Gasteiger partial charge < -0.3 is 0 Å². The number of hydrogen-bond donors (Lipinski definition) is 0. The summed E-state index contributed by atoms with van der Waals surface area (Å²) < 4.78 is 39.1. The minimum absolute atomic E-state index is 0.0195. The monoisotopic (exact) mass is 367 g/mol. The fourth-order valence-corrected chi connectivity index (χ4v) is 5.26. The number of allylic oxidation sites excluding steroid dienone is 2. The number of alkyl halides is 3. The molecule has 5 aliphatic rings. The summed E-state index contributed by atoms with van der Waals surface area (Å²) in [6.07, 6.45) is 0.491. The molecule has 6 rings (SSSR count). The highest BCUT2D eigenvalue weighted by atomic mass is 35.5. The number of rotatable bonds is 1. The Morgan fingerprint density at radius 2 is 1.56 bits per heavy atom. The van der Waals surface area contributed by atoms with E-state index in [-0.39, 0.29) is 22.5 Å². The van der Waals surface area contributed by atoms with Gasteiger partial charge in [0.2, 0.25) is 11.8 Å². The van der Waals surface area contributed by atoms with E-state index in [1.54, 1.807) is 0 Å². The van der Waals surface area contributed by atoms with E-state index < -0.39 is 35.4 Å². The van der Waals surface area contributed by atoms with E-state index in [1.165, 1.54) is 0 Å². The number of benzene rings is 1. The fourth-order valence-electron chi connectivity index (χ4n) is 5.05. The molecule has 7 heteroatoms. The average molecular weight is 368 g/mol. The minimum atomic E-state index is -4.57. The van der Waals surface area contributed by atoms with Crippen molar-refractivity contribution in [1.82, 2.24) is 0 Å². The molecule has 0 N–H and O–H groups in total. The average Bonchev–Trinajstić information content (AvgIpc) is 3.32. The zero-order valence-corrected chi connectivity index (χ0v) is 13.6. The van der Waals surface area contributed by atoms with Crippen molar-refractivity contribution in [2.75, 3.05) is 4.90 Å². The van der Waals surface area contributed by atoms with Crippen LogP contribution in [-0.2, 0) is 15.8 Å². The molecule has 25 heavy (non-hydrogen) atoms. The van der Waals surface area contributed by atoms with Gasteiger partial charge in [0.15, 0.2) is 0 Å². The molecule has 130 valence electrons. The van der Waals surface area contributed by atoms with Gasteiger partial charge in [-0.2, -0.15) is 13.2 Å². The number of amides is 2. The molecule has 0 aromatic heterocycles. The van der Waals surface area contributed by atoms with Gasteiger partial charge in [0.25, 0.3) is 0 Å². The van der Waals surface area contributed by atoms with Crippen LogP contribution in [0.1, 0.15) is 12.0 Å². The van der Waals surface area contributed by atoms with E-state index >= 15 is 0 Å². The van der Waals surface area contributed by atoms with Gasteiger partial charge in [-0.25, -0.2) is 4.90 Å². The third kappa shape index (κ3) is 1.94. The first-order valence-electron chi connectivity index (χ1n) is 8.22. The Labute approximate surface area is 146 Å². The maximum absolute atomic E-state index is 13.0. The van der Waals surface area contributed by atoms with Crippen molar-refractivity contribution in [1.29, 1.82) is 0 Å². The summed E-state index contributed by atoms with van der Waals surface area (Å²) in [5.41, 5.74) is -1.08. The van der Waals surface area contributed by atoms with Gasteiger partial charge in [-0.3, -0.25) is 9.59 Å². The molecule has 1 aliphatic heterocycles. The highest BCUT2D eigenvalue weighted by Gasteiger charge is 2.67. The summed E-state index contributed by atoms with van der Waals surface area (Å²) in [7, 11) is 0. The lowest BCUT2D eigenvalue weighted by molar-refractivity contribution is -0.137. The molecule has 1 heterocycles. The van der Waals surface area contributed by atoms with Crippen molar-refractivity contribution < 1.29 is 22.8 Å². The van der Waals surface area contributed by atoms with E-state index in [4.69, 9.17) is 11.6 Å². The van der Waals surface area contributed by atoms with E-state index in [9.17, 15) is 22.8 Å². The number of carbonyl (C=O) groups excluding carboxylic acids is 2. The number of carbonyl (C=O) groups is 2. The highest BCUT2D eigenvalue weighted by molar-refractivity contribution is 6.36. The maximum Gasteiger partial charge on any atom is 0.416 e. The Bertz CT molecular complexity index is 813. The van der Waals surface area contributed by atoms with Crippen LogP contribution in [0.4, 0.5) is 18.9 Å². The molecule has 3 nitrogen and oxygen atoms in total. The highest BCUT2D eigenvalue weighted by Crippen LogP contribution is 2.65. The lowest BCUT2D eigenvalue weighted by Gasteiger charge is -2.37. The largest absolute Gasteiger partial charge is 0.416 e. The van der Waals surface area contributed by atoms with Crippen molar-refractivity contribution >= 4 is 29.1 Å². The minimum Gasteiger partial charge on any atom is -0.274 e. The predicted molar refractivity (Wildman–Crippen MR) is 83.6 cm³/mol. The molecule has 0 spiro atoms. The van der Waals surface area contributed by atoms with Gasteiger partial charge in [-0.1, -0.05) is 23.8 Å². The van der Waals surface area contributed by atoms with Gasteiger partial charge in [-0.15, -0.1) is 0 Å². The van der Waals surface area contributed by atoms with Crippen molar-refractivity contribution in [3.63, 3.8) is 0 Å². The van der Waals surface area contributed by atoms with Gasteiger partial charge in [-0.05, 0) is 48.3 Å². The number of halogens is 4. The zero-order chi connectivity index (χ0) is 17.7. The van der Waals surface area contributed by atoms with Crippen LogP contribution < -0.4 is 4.90 Å². The normalized spacial score (nSPS) is 38.2. The lowest BCUT2D eigenvalue weighted by Crippen LogP contribution is -2.40. The molecule has 0 unspecified atom stereocenters. The number of hydrogen-bond acceptors (Lipinski definition) is 2. The zero-order valence-electron chi connectivity index (χ0n) is 12.8. The summed E-state index contributed by atoms with van der Waals surface area (Å²) in [5.74, 6) is -0.845. The quantitative estimate of drug-likeness (QED) is 0.557. The molecule has 3 fully saturated rings. The van der Waals surface area contributed by atoms with Gasteiger partial charge in [0.05, 0.1) is 28.1 Å². The molecular formula is C18H13ClF3NO2. The second-order valence-electron chi connectivity index (χ2n) is 7.33. The third-order valence-corrected chi connectivity index (χ3v) is 6.50.